The van der Waals surface area contributed by atoms with Crippen LogP contribution in [0.15, 0.2) is 12.3 Å². The van der Waals surface area contributed by atoms with E-state index in [1.165, 1.54) is 5.69 Å². The topological polar surface area (TPSA) is 55.2 Å². The fourth-order valence-corrected chi connectivity index (χ4v) is 2.78. The fraction of sp³-hybridized carbons (Fsp3) is 0.538. The van der Waals surface area contributed by atoms with Crippen molar-refractivity contribution in [3.8, 4) is 5.88 Å². The number of ether oxygens (including phenoxy) is 1. The summed E-state index contributed by atoms with van der Waals surface area (Å²) in [5.74, 6) is 0.715. The molecular formula is C13H21N5OS. The second-order valence-electron chi connectivity index (χ2n) is 4.70. The molecule has 0 amide bonds. The first-order valence-electron chi connectivity index (χ1n) is 6.50. The van der Waals surface area contributed by atoms with Crippen LogP contribution in [-0.4, -0.2) is 42.5 Å². The average Bonchev–Trinajstić information content (AvgIpc) is 3.01. The minimum atomic E-state index is 0.715. The van der Waals surface area contributed by atoms with Crippen molar-refractivity contribution in [2.75, 3.05) is 32.6 Å². The van der Waals surface area contributed by atoms with Crippen LogP contribution in [0.4, 0.5) is 5.13 Å². The van der Waals surface area contributed by atoms with Crippen molar-refractivity contribution < 1.29 is 4.74 Å². The number of anilines is 1. The van der Waals surface area contributed by atoms with Crippen LogP contribution in [0, 0.1) is 0 Å². The summed E-state index contributed by atoms with van der Waals surface area (Å²) in [6, 6.07) is 2.04. The van der Waals surface area contributed by atoms with Crippen molar-refractivity contribution in [1.29, 1.82) is 0 Å². The van der Waals surface area contributed by atoms with Crippen LogP contribution in [0.3, 0.4) is 0 Å². The van der Waals surface area contributed by atoms with E-state index in [0.29, 0.717) is 5.88 Å². The molecule has 0 aromatic carbocycles. The zero-order chi connectivity index (χ0) is 14.5. The lowest BCUT2D eigenvalue weighted by Gasteiger charge is -2.05. The van der Waals surface area contributed by atoms with Crippen LogP contribution in [-0.2, 0) is 20.0 Å². The Balaban J connectivity index is 1.86. The molecule has 2 aromatic rings. The van der Waals surface area contributed by atoms with E-state index in [2.05, 4.69) is 15.4 Å². The number of aryl methyl sites for hydroxylation is 1. The van der Waals surface area contributed by atoms with Crippen molar-refractivity contribution in [2.24, 2.45) is 7.05 Å². The second-order valence-corrected chi connectivity index (χ2v) is 5.76. The first-order chi connectivity index (χ1) is 9.61. The molecule has 2 heterocycles. The highest BCUT2D eigenvalue weighted by Crippen LogP contribution is 2.30. The Kier molecular flexibility index (Phi) is 4.97. The highest BCUT2D eigenvalue weighted by atomic mass is 32.1. The van der Waals surface area contributed by atoms with Crippen LogP contribution in [0.2, 0.25) is 0 Å². The zero-order valence-corrected chi connectivity index (χ0v) is 13.2. The highest BCUT2D eigenvalue weighted by Gasteiger charge is 2.12. The number of hydrogen-bond acceptors (Lipinski definition) is 6. The summed E-state index contributed by atoms with van der Waals surface area (Å²) >= 11 is 1.65. The molecule has 0 saturated carbocycles. The van der Waals surface area contributed by atoms with E-state index in [1.807, 2.05) is 43.0 Å². The predicted molar refractivity (Wildman–Crippen MR) is 81.6 cm³/mol. The van der Waals surface area contributed by atoms with Gasteiger partial charge in [-0.1, -0.05) is 11.3 Å². The number of nitrogens with zero attached hydrogens (tertiary/aromatic N) is 4. The lowest BCUT2D eigenvalue weighted by atomic mass is 10.3. The van der Waals surface area contributed by atoms with Gasteiger partial charge in [-0.15, -0.1) is 0 Å². The summed E-state index contributed by atoms with van der Waals surface area (Å²) in [7, 11) is 7.59. The Morgan fingerprint density at radius 1 is 1.45 bits per heavy atom. The quantitative estimate of drug-likeness (QED) is 0.780. The lowest BCUT2D eigenvalue weighted by molar-refractivity contribution is 0.395. The van der Waals surface area contributed by atoms with E-state index in [0.717, 1.165) is 29.5 Å². The Bertz CT molecular complexity index is 549. The Morgan fingerprint density at radius 2 is 2.25 bits per heavy atom. The number of thiazole rings is 1. The maximum Gasteiger partial charge on any atom is 0.230 e. The molecule has 0 bridgehead atoms. The second kappa shape index (κ2) is 6.71. The number of aromatic nitrogens is 3. The van der Waals surface area contributed by atoms with Crippen molar-refractivity contribution in [3.63, 3.8) is 0 Å². The molecule has 0 aliphatic carbocycles. The molecular weight excluding hydrogens is 274 g/mol. The molecule has 0 aliphatic rings. The fourth-order valence-electron chi connectivity index (χ4n) is 1.85. The Morgan fingerprint density at radius 3 is 2.85 bits per heavy atom. The molecule has 20 heavy (non-hydrogen) atoms. The van der Waals surface area contributed by atoms with Crippen molar-refractivity contribution in [1.82, 2.24) is 20.1 Å². The van der Waals surface area contributed by atoms with E-state index in [-0.39, 0.29) is 0 Å². The maximum absolute atomic E-state index is 5.32. The van der Waals surface area contributed by atoms with Crippen LogP contribution in [0.1, 0.15) is 10.6 Å². The lowest BCUT2D eigenvalue weighted by Crippen LogP contribution is -2.17. The summed E-state index contributed by atoms with van der Waals surface area (Å²) in [5.41, 5.74) is 1.22. The predicted octanol–water partition coefficient (Wildman–Crippen LogP) is 1.28. The molecule has 0 fully saturated rings. The number of rotatable bonds is 7. The largest absolute Gasteiger partial charge is 0.480 e. The molecule has 6 nitrogen and oxygen atoms in total. The first-order valence-corrected chi connectivity index (χ1v) is 7.32. The third-order valence-electron chi connectivity index (χ3n) is 2.99. The van der Waals surface area contributed by atoms with E-state index in [1.54, 1.807) is 18.4 Å². The number of nitrogens with one attached hydrogen (secondary N) is 1. The van der Waals surface area contributed by atoms with E-state index in [4.69, 9.17) is 4.74 Å². The van der Waals surface area contributed by atoms with Gasteiger partial charge in [0.05, 0.1) is 12.0 Å². The van der Waals surface area contributed by atoms with Crippen LogP contribution in [0.5, 0.6) is 5.88 Å². The molecule has 0 saturated heterocycles. The summed E-state index contributed by atoms with van der Waals surface area (Å²) in [4.78, 5) is 7.56. The van der Waals surface area contributed by atoms with Crippen LogP contribution >= 0.6 is 11.3 Å². The van der Waals surface area contributed by atoms with Crippen LogP contribution < -0.4 is 15.0 Å². The van der Waals surface area contributed by atoms with E-state index < -0.39 is 0 Å². The van der Waals surface area contributed by atoms with Crippen molar-refractivity contribution >= 4 is 16.5 Å². The number of hydrogen-bond donors (Lipinski definition) is 1. The highest BCUT2D eigenvalue weighted by molar-refractivity contribution is 7.15. The summed E-state index contributed by atoms with van der Waals surface area (Å²) in [6.07, 6.45) is 2.78. The summed E-state index contributed by atoms with van der Waals surface area (Å²) in [5, 5.41) is 8.55. The first kappa shape index (κ1) is 14.8. The summed E-state index contributed by atoms with van der Waals surface area (Å²) < 4.78 is 7.22. The molecule has 2 aromatic heterocycles. The minimum Gasteiger partial charge on any atom is -0.480 e. The van der Waals surface area contributed by atoms with E-state index in [9.17, 15) is 0 Å². The van der Waals surface area contributed by atoms with Gasteiger partial charge < -0.3 is 15.0 Å². The van der Waals surface area contributed by atoms with Crippen LogP contribution in [0.25, 0.3) is 0 Å². The zero-order valence-electron chi connectivity index (χ0n) is 12.4. The normalized spacial score (nSPS) is 10.8. The maximum atomic E-state index is 5.32. The van der Waals surface area contributed by atoms with Gasteiger partial charge in [-0.05, 0) is 6.07 Å². The molecule has 0 radical (unpaired) electrons. The van der Waals surface area contributed by atoms with Gasteiger partial charge in [-0.25, -0.2) is 0 Å². The third-order valence-corrected chi connectivity index (χ3v) is 4.20. The molecule has 1 N–H and O–H groups in total. The van der Waals surface area contributed by atoms with Gasteiger partial charge in [0.25, 0.3) is 0 Å². The molecule has 2 rings (SSSR count). The van der Waals surface area contributed by atoms with Gasteiger partial charge in [-0.2, -0.15) is 10.1 Å². The molecule has 0 spiro atoms. The number of methoxy groups -OCH3 is 1. The Hall–Kier alpha value is -1.60. The minimum absolute atomic E-state index is 0.715. The van der Waals surface area contributed by atoms with Gasteiger partial charge in [0.1, 0.15) is 0 Å². The molecule has 0 atom stereocenters. The summed E-state index contributed by atoms with van der Waals surface area (Å²) in [6.45, 7) is 1.67. The van der Waals surface area contributed by atoms with Crippen molar-refractivity contribution in [3.05, 3.63) is 22.8 Å². The molecule has 0 aliphatic heterocycles. The van der Waals surface area contributed by atoms with Gasteiger partial charge in [0, 0.05) is 52.5 Å². The van der Waals surface area contributed by atoms with Gasteiger partial charge in [0.15, 0.2) is 5.13 Å². The van der Waals surface area contributed by atoms with Crippen molar-refractivity contribution in [2.45, 2.75) is 13.0 Å². The monoisotopic (exact) mass is 295 g/mol. The molecule has 7 heteroatoms. The van der Waals surface area contributed by atoms with Gasteiger partial charge in [0.2, 0.25) is 5.88 Å². The van der Waals surface area contributed by atoms with Gasteiger partial charge >= 0.3 is 0 Å². The SMILES string of the molecule is COc1nc(N(C)C)sc1CNCCc1ccnn1C. The Labute approximate surface area is 123 Å². The average molecular weight is 295 g/mol. The standard InChI is InChI=1S/C13H21N5OS/c1-17(2)13-16-12(19-4)11(20-13)9-14-7-5-10-6-8-15-18(10)3/h6,8,14H,5,7,9H2,1-4H3. The third kappa shape index (κ3) is 3.49. The van der Waals surface area contributed by atoms with E-state index >= 15 is 0 Å². The smallest absolute Gasteiger partial charge is 0.230 e. The molecule has 0 unspecified atom stereocenters. The van der Waals surface area contributed by atoms with Gasteiger partial charge in [-0.3, -0.25) is 4.68 Å². The molecule has 110 valence electrons.